The van der Waals surface area contributed by atoms with Gasteiger partial charge in [0.25, 0.3) is 0 Å². The van der Waals surface area contributed by atoms with Crippen molar-refractivity contribution in [3.63, 3.8) is 0 Å². The number of hydrogen-bond donors (Lipinski definition) is 0. The molecule has 0 fully saturated rings. The summed E-state index contributed by atoms with van der Waals surface area (Å²) in [5.41, 5.74) is 8.52. The standard InChI is InChI=1S/C24H33Si2/c1-9-18-12-19-11-10-17(2)24(23(19)13-18)20-14-21(25(3,4)5)16-22(15-20)26(6,7)8/h10-16H,9H2,1-8H3. The van der Waals surface area contributed by atoms with Gasteiger partial charge in [0.15, 0.2) is 0 Å². The Morgan fingerprint density at radius 2 is 1.38 bits per heavy atom. The van der Waals surface area contributed by atoms with Gasteiger partial charge in [0.05, 0.1) is 16.1 Å². The number of hydrogen-bond acceptors (Lipinski definition) is 0. The number of fused-ring (bicyclic) bond motifs is 1. The molecule has 2 aromatic rings. The van der Waals surface area contributed by atoms with Crippen LogP contribution in [0.3, 0.4) is 0 Å². The minimum atomic E-state index is -1.37. The van der Waals surface area contributed by atoms with Gasteiger partial charge in [-0.1, -0.05) is 98.6 Å². The average Bonchev–Trinajstić information content (AvgIpc) is 2.95. The van der Waals surface area contributed by atoms with E-state index in [1.807, 2.05) is 0 Å². The fraction of sp³-hybridized carbons (Fsp3) is 0.375. The minimum Gasteiger partial charge on any atom is -0.0656 e. The highest BCUT2D eigenvalue weighted by molar-refractivity contribution is 6.91. The molecule has 0 nitrogen and oxygen atoms in total. The third-order valence-electron chi connectivity index (χ3n) is 5.52. The minimum absolute atomic E-state index is 1.10. The quantitative estimate of drug-likeness (QED) is 0.564. The molecular weight excluding hydrogens is 344 g/mol. The maximum absolute atomic E-state index is 2.53. The third-order valence-corrected chi connectivity index (χ3v) is 9.56. The highest BCUT2D eigenvalue weighted by Crippen LogP contribution is 2.38. The predicted octanol–water partition coefficient (Wildman–Crippen LogP) is 6.11. The lowest BCUT2D eigenvalue weighted by Crippen LogP contribution is -2.45. The molecule has 2 heteroatoms. The average molecular weight is 378 g/mol. The summed E-state index contributed by atoms with van der Waals surface area (Å²) in [6, 6.07) is 12.1. The second-order valence-electron chi connectivity index (χ2n) is 9.78. The first-order valence-corrected chi connectivity index (χ1v) is 16.9. The van der Waals surface area contributed by atoms with E-state index < -0.39 is 16.1 Å². The maximum atomic E-state index is 2.53. The summed E-state index contributed by atoms with van der Waals surface area (Å²) in [7, 11) is -2.74. The molecule has 0 amide bonds. The summed E-state index contributed by atoms with van der Waals surface area (Å²) in [6.45, 7) is 19.3. The summed E-state index contributed by atoms with van der Waals surface area (Å²) in [6.07, 6.45) is 5.87. The molecule has 0 spiro atoms. The lowest BCUT2D eigenvalue weighted by atomic mass is 9.93. The van der Waals surface area contributed by atoms with Crippen LogP contribution in [0.25, 0.3) is 17.2 Å². The molecule has 2 aromatic carbocycles. The molecule has 26 heavy (non-hydrogen) atoms. The molecule has 0 atom stereocenters. The number of aryl methyl sites for hydroxylation is 1. The van der Waals surface area contributed by atoms with Crippen LogP contribution in [0.15, 0.2) is 35.9 Å². The molecule has 0 bridgehead atoms. The van der Waals surface area contributed by atoms with Crippen LogP contribution in [0, 0.1) is 13.3 Å². The van der Waals surface area contributed by atoms with Crippen molar-refractivity contribution in [2.75, 3.05) is 0 Å². The normalized spacial score (nSPS) is 14.4. The zero-order valence-electron chi connectivity index (χ0n) is 17.7. The largest absolute Gasteiger partial charge is 0.0776 e. The zero-order valence-corrected chi connectivity index (χ0v) is 19.7. The Balaban J connectivity index is 2.29. The van der Waals surface area contributed by atoms with E-state index >= 15 is 0 Å². The molecule has 0 heterocycles. The number of rotatable bonds is 4. The zero-order chi connectivity index (χ0) is 19.3. The van der Waals surface area contributed by atoms with Gasteiger partial charge < -0.3 is 0 Å². The molecule has 3 rings (SSSR count). The highest BCUT2D eigenvalue weighted by atomic mass is 28.3. The molecule has 137 valence electrons. The van der Waals surface area contributed by atoms with Crippen molar-refractivity contribution < 1.29 is 0 Å². The summed E-state index contributed by atoms with van der Waals surface area (Å²) in [5, 5.41) is 3.18. The first kappa shape index (κ1) is 19.4. The third kappa shape index (κ3) is 3.68. The Bertz CT molecular complexity index is 842. The summed E-state index contributed by atoms with van der Waals surface area (Å²) in [4.78, 5) is 0. The van der Waals surface area contributed by atoms with Crippen molar-refractivity contribution in [2.24, 2.45) is 0 Å². The molecule has 0 N–H and O–H groups in total. The lowest BCUT2D eigenvalue weighted by molar-refractivity contribution is 1.14. The summed E-state index contributed by atoms with van der Waals surface area (Å²) >= 11 is 0. The van der Waals surface area contributed by atoms with Crippen LogP contribution in [-0.2, 0) is 0 Å². The van der Waals surface area contributed by atoms with E-state index in [1.165, 1.54) is 33.4 Å². The summed E-state index contributed by atoms with van der Waals surface area (Å²) in [5.74, 6) is 0. The van der Waals surface area contributed by atoms with Crippen LogP contribution in [0.1, 0.15) is 30.0 Å². The summed E-state index contributed by atoms with van der Waals surface area (Å²) < 4.78 is 0. The molecule has 0 saturated heterocycles. The maximum Gasteiger partial charge on any atom is 0.0776 e. The molecular formula is C24H33Si2. The van der Waals surface area contributed by atoms with Gasteiger partial charge >= 0.3 is 0 Å². The Hall–Kier alpha value is -1.39. The lowest BCUT2D eigenvalue weighted by Gasteiger charge is -2.25. The Labute approximate surface area is 162 Å². The van der Waals surface area contributed by atoms with E-state index in [-0.39, 0.29) is 0 Å². The monoisotopic (exact) mass is 377 g/mol. The van der Waals surface area contributed by atoms with Crippen LogP contribution < -0.4 is 10.4 Å². The Morgan fingerprint density at radius 1 is 0.808 bits per heavy atom. The van der Waals surface area contributed by atoms with Crippen molar-refractivity contribution in [1.82, 2.24) is 0 Å². The van der Waals surface area contributed by atoms with Crippen LogP contribution in [0.5, 0.6) is 0 Å². The van der Waals surface area contributed by atoms with Crippen molar-refractivity contribution in [3.05, 3.63) is 59.0 Å². The van der Waals surface area contributed by atoms with Crippen molar-refractivity contribution in [3.8, 4) is 11.1 Å². The van der Waals surface area contributed by atoms with Gasteiger partial charge in [-0.3, -0.25) is 0 Å². The van der Waals surface area contributed by atoms with E-state index in [0.29, 0.717) is 0 Å². The van der Waals surface area contributed by atoms with E-state index in [1.54, 1.807) is 10.4 Å². The fourth-order valence-electron chi connectivity index (χ4n) is 3.68. The van der Waals surface area contributed by atoms with Crippen molar-refractivity contribution in [2.45, 2.75) is 59.6 Å². The van der Waals surface area contributed by atoms with Crippen LogP contribution in [0.2, 0.25) is 39.3 Å². The fourth-order valence-corrected chi connectivity index (χ4v) is 6.18. The van der Waals surface area contributed by atoms with Gasteiger partial charge in [-0.05, 0) is 41.2 Å². The smallest absolute Gasteiger partial charge is 0.0656 e. The SMILES string of the molecule is CCC1=Cc2c(ccc(C)c2-c2cc([Si](C)(C)C)cc([Si](C)(C)C)c2)[CH]1. The van der Waals surface area contributed by atoms with Crippen LogP contribution in [-0.4, -0.2) is 16.1 Å². The topological polar surface area (TPSA) is 0 Å². The molecule has 1 aliphatic rings. The van der Waals surface area contributed by atoms with Gasteiger partial charge in [-0.2, -0.15) is 0 Å². The molecule has 0 aromatic heterocycles. The van der Waals surface area contributed by atoms with Gasteiger partial charge in [0.1, 0.15) is 0 Å². The van der Waals surface area contributed by atoms with E-state index in [2.05, 4.69) is 96.0 Å². The van der Waals surface area contributed by atoms with Gasteiger partial charge in [0, 0.05) is 6.42 Å². The van der Waals surface area contributed by atoms with Gasteiger partial charge in [-0.25, -0.2) is 0 Å². The molecule has 1 radical (unpaired) electrons. The van der Waals surface area contributed by atoms with Crippen molar-refractivity contribution in [1.29, 1.82) is 0 Å². The highest BCUT2D eigenvalue weighted by Gasteiger charge is 2.25. The first-order valence-electron chi connectivity index (χ1n) is 9.86. The van der Waals surface area contributed by atoms with Gasteiger partial charge in [0.2, 0.25) is 0 Å². The van der Waals surface area contributed by atoms with Gasteiger partial charge in [-0.15, -0.1) is 0 Å². The predicted molar refractivity (Wildman–Crippen MR) is 124 cm³/mol. The first-order chi connectivity index (χ1) is 12.0. The van der Waals surface area contributed by atoms with E-state index in [0.717, 1.165) is 6.42 Å². The van der Waals surface area contributed by atoms with Crippen molar-refractivity contribution >= 4 is 32.6 Å². The Morgan fingerprint density at radius 3 is 1.88 bits per heavy atom. The second-order valence-corrected chi connectivity index (χ2v) is 19.9. The van der Waals surface area contributed by atoms with E-state index in [9.17, 15) is 0 Å². The van der Waals surface area contributed by atoms with Crippen LogP contribution in [0.4, 0.5) is 0 Å². The molecule has 0 saturated carbocycles. The number of allylic oxidation sites excluding steroid dienone is 1. The second kappa shape index (κ2) is 6.65. The number of benzene rings is 2. The van der Waals surface area contributed by atoms with Crippen LogP contribution >= 0.6 is 0 Å². The molecule has 0 unspecified atom stereocenters. The van der Waals surface area contributed by atoms with E-state index in [4.69, 9.17) is 0 Å². The molecule has 1 aliphatic carbocycles. The molecule has 0 aliphatic heterocycles. The Kier molecular flexibility index (Phi) is 4.96.